The van der Waals surface area contributed by atoms with Crippen molar-refractivity contribution in [2.24, 2.45) is 0 Å². The van der Waals surface area contributed by atoms with Crippen LogP contribution in [0.5, 0.6) is 0 Å². The van der Waals surface area contributed by atoms with Crippen LogP contribution in [-0.4, -0.2) is 0 Å². The van der Waals surface area contributed by atoms with Gasteiger partial charge in [-0.1, -0.05) is 55.4 Å². The van der Waals surface area contributed by atoms with Crippen LogP contribution in [0.15, 0.2) is 24.3 Å². The first-order valence-electron chi connectivity index (χ1n) is 12.2. The molecule has 0 radical (unpaired) electrons. The van der Waals surface area contributed by atoms with Gasteiger partial charge in [-0.2, -0.15) is 17.6 Å². The summed E-state index contributed by atoms with van der Waals surface area (Å²) in [5.41, 5.74) is 13.9. The fraction of sp³-hybridized carbons (Fsp3) is 0.571. The Bertz CT molecular complexity index is 930. The van der Waals surface area contributed by atoms with Crippen molar-refractivity contribution in [3.8, 4) is 0 Å². The van der Waals surface area contributed by atoms with E-state index < -0.39 is 23.0 Å². The monoisotopic (exact) mass is 480 g/mol. The van der Waals surface area contributed by atoms with Crippen LogP contribution in [0.2, 0.25) is 0 Å². The number of alkyl halides is 4. The van der Waals surface area contributed by atoms with Crippen molar-refractivity contribution < 1.29 is 17.6 Å². The maximum Gasteiger partial charge on any atom is 0.339 e. The van der Waals surface area contributed by atoms with E-state index in [0.29, 0.717) is 46.5 Å². The van der Waals surface area contributed by atoms with E-state index in [0.717, 1.165) is 12.1 Å². The Morgan fingerprint density at radius 2 is 0.853 bits per heavy atom. The first-order chi connectivity index (χ1) is 15.6. The summed E-state index contributed by atoms with van der Waals surface area (Å²) >= 11 is 0. The molecule has 190 valence electrons. The summed E-state index contributed by atoms with van der Waals surface area (Å²) in [6.07, 6.45) is 1.31. The topological polar surface area (TPSA) is 52.0 Å². The smallest absolute Gasteiger partial charge is 0.339 e. The quantitative estimate of drug-likeness (QED) is 0.278. The normalized spacial score (nSPS) is 14.6. The summed E-state index contributed by atoms with van der Waals surface area (Å²) in [4.78, 5) is 0. The highest BCUT2D eigenvalue weighted by Crippen LogP contribution is 2.52. The van der Waals surface area contributed by atoms with E-state index in [1.165, 1.54) is 12.1 Å². The Labute approximate surface area is 202 Å². The molecule has 0 fully saturated rings. The molecule has 2 rings (SSSR count). The van der Waals surface area contributed by atoms with Gasteiger partial charge in [-0.05, 0) is 83.0 Å². The van der Waals surface area contributed by atoms with Crippen molar-refractivity contribution in [2.75, 3.05) is 11.5 Å². The second-order valence-corrected chi connectivity index (χ2v) is 10.2. The third kappa shape index (κ3) is 4.92. The Morgan fingerprint density at radius 3 is 1.09 bits per heavy atom. The lowest BCUT2D eigenvalue weighted by Gasteiger charge is -2.31. The number of nitrogen functional groups attached to an aromatic ring is 2. The highest BCUT2D eigenvalue weighted by atomic mass is 19.3. The number of benzene rings is 2. The van der Waals surface area contributed by atoms with Gasteiger partial charge >= 0.3 is 11.8 Å². The number of nitrogens with two attached hydrogens (primary N) is 2. The highest BCUT2D eigenvalue weighted by molar-refractivity contribution is 5.61. The van der Waals surface area contributed by atoms with Crippen molar-refractivity contribution in [3.05, 3.63) is 57.6 Å². The van der Waals surface area contributed by atoms with Crippen molar-refractivity contribution in [2.45, 2.75) is 104 Å². The van der Waals surface area contributed by atoms with E-state index >= 15 is 17.6 Å². The summed E-state index contributed by atoms with van der Waals surface area (Å²) in [5.74, 6) is -9.53. The predicted octanol–water partition coefficient (Wildman–Crippen LogP) is 9.01. The van der Waals surface area contributed by atoms with Gasteiger partial charge in [-0.25, -0.2) is 0 Å². The van der Waals surface area contributed by atoms with Crippen LogP contribution >= 0.6 is 0 Å². The zero-order valence-electron chi connectivity index (χ0n) is 21.7. The van der Waals surface area contributed by atoms with E-state index in [9.17, 15) is 0 Å². The van der Waals surface area contributed by atoms with Crippen molar-refractivity contribution in [1.29, 1.82) is 0 Å². The largest absolute Gasteiger partial charge is 0.398 e. The lowest BCUT2D eigenvalue weighted by atomic mass is 9.83. The van der Waals surface area contributed by atoms with Gasteiger partial charge in [-0.15, -0.1) is 0 Å². The van der Waals surface area contributed by atoms with E-state index in [4.69, 9.17) is 11.5 Å². The molecule has 0 bridgehead atoms. The molecule has 0 aromatic heterocycles. The molecule has 4 N–H and O–H groups in total. The van der Waals surface area contributed by atoms with Crippen molar-refractivity contribution in [1.82, 2.24) is 0 Å². The molecule has 6 heteroatoms. The number of hydrogen-bond donors (Lipinski definition) is 2. The molecule has 0 amide bonds. The lowest BCUT2D eigenvalue weighted by molar-refractivity contribution is -0.224. The summed E-state index contributed by atoms with van der Waals surface area (Å²) in [6.45, 7) is 14.8. The Morgan fingerprint density at radius 1 is 0.588 bits per heavy atom. The summed E-state index contributed by atoms with van der Waals surface area (Å²) in [5, 5.41) is 0. The summed E-state index contributed by atoms with van der Waals surface area (Å²) in [7, 11) is 0. The molecular formula is C28H40F4N2. The van der Waals surface area contributed by atoms with Gasteiger partial charge < -0.3 is 11.5 Å². The van der Waals surface area contributed by atoms with Crippen LogP contribution in [0, 0.1) is 0 Å². The van der Waals surface area contributed by atoms with Gasteiger partial charge in [0.15, 0.2) is 0 Å². The molecule has 2 atom stereocenters. The molecule has 2 nitrogen and oxygen atoms in total. The number of anilines is 2. The van der Waals surface area contributed by atoms with Gasteiger partial charge in [0.2, 0.25) is 0 Å². The number of hydrogen-bond acceptors (Lipinski definition) is 2. The van der Waals surface area contributed by atoms with Crippen LogP contribution in [0.3, 0.4) is 0 Å². The molecule has 34 heavy (non-hydrogen) atoms. The van der Waals surface area contributed by atoms with E-state index in [1.807, 2.05) is 55.4 Å². The first-order valence-corrected chi connectivity index (χ1v) is 12.2. The third-order valence-electron chi connectivity index (χ3n) is 7.14. The van der Waals surface area contributed by atoms with Gasteiger partial charge in [-0.3, -0.25) is 0 Å². The molecule has 0 aliphatic heterocycles. The van der Waals surface area contributed by atoms with Gasteiger partial charge in [0.25, 0.3) is 0 Å². The van der Waals surface area contributed by atoms with Crippen LogP contribution in [0.1, 0.15) is 125 Å². The standard InChI is InChI=1S/C28H40F4N2/c1-9-17(7)23-13-19(11-21(15(3)4)25(23)33)27(29,30)28(31,32)20-12-22(16(5)6)26(34)24(14-20)18(8)10-2/h11-18H,9-10,33-34H2,1-8H3. The summed E-state index contributed by atoms with van der Waals surface area (Å²) in [6, 6.07) is 4.63. The van der Waals surface area contributed by atoms with Gasteiger partial charge in [0.1, 0.15) is 0 Å². The molecule has 2 aromatic rings. The minimum absolute atomic E-state index is 0.136. The molecule has 2 unspecified atom stereocenters. The van der Waals surface area contributed by atoms with Crippen LogP contribution in [0.4, 0.5) is 28.9 Å². The average Bonchev–Trinajstić information content (AvgIpc) is 2.77. The second-order valence-electron chi connectivity index (χ2n) is 10.2. The van der Waals surface area contributed by atoms with Gasteiger partial charge in [0, 0.05) is 22.5 Å². The molecule has 0 saturated carbocycles. The van der Waals surface area contributed by atoms with Gasteiger partial charge in [0.05, 0.1) is 0 Å². The van der Waals surface area contributed by atoms with E-state index in [1.54, 1.807) is 0 Å². The molecule has 2 aromatic carbocycles. The molecule has 0 aliphatic carbocycles. The number of rotatable bonds is 9. The second kappa shape index (κ2) is 10.2. The maximum atomic E-state index is 15.8. The van der Waals surface area contributed by atoms with Crippen LogP contribution in [0.25, 0.3) is 0 Å². The van der Waals surface area contributed by atoms with E-state index in [-0.39, 0.29) is 23.7 Å². The predicted molar refractivity (Wildman–Crippen MR) is 135 cm³/mol. The lowest BCUT2D eigenvalue weighted by Crippen LogP contribution is -2.36. The Kier molecular flexibility index (Phi) is 8.37. The third-order valence-corrected chi connectivity index (χ3v) is 7.14. The molecule has 0 saturated heterocycles. The molecule has 0 aliphatic rings. The zero-order chi connectivity index (χ0) is 26.2. The van der Waals surface area contributed by atoms with Crippen molar-refractivity contribution in [3.63, 3.8) is 0 Å². The Balaban J connectivity index is 2.80. The highest BCUT2D eigenvalue weighted by Gasteiger charge is 2.59. The molecule has 0 heterocycles. The molecular weight excluding hydrogens is 440 g/mol. The minimum Gasteiger partial charge on any atom is -0.398 e. The minimum atomic E-state index is -4.44. The van der Waals surface area contributed by atoms with Crippen LogP contribution < -0.4 is 11.5 Å². The van der Waals surface area contributed by atoms with Crippen LogP contribution in [-0.2, 0) is 11.8 Å². The maximum absolute atomic E-state index is 15.8. The fourth-order valence-corrected chi connectivity index (χ4v) is 4.33. The first kappa shape index (κ1) is 28.0. The van der Waals surface area contributed by atoms with Crippen molar-refractivity contribution >= 4 is 11.4 Å². The SMILES string of the molecule is CCC(C)c1cc(C(F)(F)C(F)(F)c2cc(C(C)C)c(N)c(C(C)CC)c2)cc(C(C)C)c1N. The zero-order valence-corrected chi connectivity index (χ0v) is 21.7. The number of halogens is 4. The summed E-state index contributed by atoms with van der Waals surface area (Å²) < 4.78 is 63.1. The van der Waals surface area contributed by atoms with E-state index in [2.05, 4.69) is 0 Å². The average molecular weight is 481 g/mol. The fourth-order valence-electron chi connectivity index (χ4n) is 4.33. The Hall–Kier alpha value is -2.24. The molecule has 0 spiro atoms.